The van der Waals surface area contributed by atoms with Gasteiger partial charge in [-0.1, -0.05) is 40.2 Å². The molecule has 0 fully saturated rings. The van der Waals surface area contributed by atoms with E-state index in [1.54, 1.807) is 0 Å². The monoisotopic (exact) mass is 240 g/mol. The molecule has 0 aliphatic heterocycles. The summed E-state index contributed by atoms with van der Waals surface area (Å²) in [6.07, 6.45) is 5.29. The van der Waals surface area contributed by atoms with Crippen LogP contribution >= 0.6 is 15.9 Å². The number of nitrogens with one attached hydrogen (secondary N) is 1. The molecule has 1 aromatic carbocycles. The summed E-state index contributed by atoms with van der Waals surface area (Å²) in [7, 11) is 0. The number of nitrogens with two attached hydrogens (primary N) is 1. The number of rotatable bonds is 4. The van der Waals surface area contributed by atoms with Gasteiger partial charge in [0.1, 0.15) is 0 Å². The average molecular weight is 241 g/mol. The molecule has 0 atom stereocenters. The van der Waals surface area contributed by atoms with Crippen molar-refractivity contribution in [2.75, 3.05) is 10.8 Å². The molecule has 0 aliphatic carbocycles. The minimum atomic E-state index is 0.928. The molecule has 0 aromatic heterocycles. The fraction of sp³-hybridized carbons (Fsp3) is 0.200. The van der Waals surface area contributed by atoms with Gasteiger partial charge in [0.25, 0.3) is 0 Å². The topological polar surface area (TPSA) is 38.0 Å². The van der Waals surface area contributed by atoms with Crippen molar-refractivity contribution in [2.45, 2.75) is 6.42 Å². The predicted octanol–water partition coefficient (Wildman–Crippen LogP) is 2.77. The highest BCUT2D eigenvalue weighted by molar-refractivity contribution is 9.09. The zero-order valence-corrected chi connectivity index (χ0v) is 8.92. The van der Waals surface area contributed by atoms with Crippen LogP contribution in [0.5, 0.6) is 0 Å². The first-order chi connectivity index (χ1) is 6.36. The van der Waals surface area contributed by atoms with Gasteiger partial charge in [-0.3, -0.25) is 5.84 Å². The van der Waals surface area contributed by atoms with Gasteiger partial charge in [-0.25, -0.2) is 0 Å². The molecular formula is C10H13BrN2. The Morgan fingerprint density at radius 1 is 1.31 bits per heavy atom. The summed E-state index contributed by atoms with van der Waals surface area (Å²) in [5, 5.41) is 1.01. The van der Waals surface area contributed by atoms with Crippen molar-refractivity contribution in [3.05, 3.63) is 35.9 Å². The summed E-state index contributed by atoms with van der Waals surface area (Å²) in [4.78, 5) is 0. The highest BCUT2D eigenvalue weighted by Gasteiger charge is 1.87. The van der Waals surface area contributed by atoms with Crippen molar-refractivity contribution in [1.82, 2.24) is 0 Å². The molecular weight excluding hydrogens is 228 g/mol. The molecule has 2 nitrogen and oxygen atoms in total. The number of benzene rings is 1. The molecule has 0 radical (unpaired) electrons. The molecule has 0 spiro atoms. The van der Waals surface area contributed by atoms with Gasteiger partial charge >= 0.3 is 0 Å². The van der Waals surface area contributed by atoms with Crippen LogP contribution in [0.3, 0.4) is 0 Å². The lowest BCUT2D eigenvalue weighted by Gasteiger charge is -1.98. The maximum absolute atomic E-state index is 5.25. The fourth-order valence-electron chi connectivity index (χ4n) is 0.973. The molecule has 3 heteroatoms. The highest BCUT2D eigenvalue weighted by Crippen LogP contribution is 2.09. The summed E-state index contributed by atoms with van der Waals surface area (Å²) < 4.78 is 0. The lowest BCUT2D eigenvalue weighted by atomic mass is 10.2. The number of anilines is 1. The van der Waals surface area contributed by atoms with E-state index >= 15 is 0 Å². The Morgan fingerprint density at radius 2 is 2.00 bits per heavy atom. The van der Waals surface area contributed by atoms with E-state index in [0.29, 0.717) is 0 Å². The van der Waals surface area contributed by atoms with Gasteiger partial charge < -0.3 is 5.43 Å². The van der Waals surface area contributed by atoms with E-state index in [2.05, 4.69) is 33.5 Å². The second-order valence-electron chi connectivity index (χ2n) is 2.65. The highest BCUT2D eigenvalue weighted by atomic mass is 79.9. The molecule has 0 bridgehead atoms. The predicted molar refractivity (Wildman–Crippen MR) is 61.7 cm³/mol. The van der Waals surface area contributed by atoms with Crippen molar-refractivity contribution in [3.63, 3.8) is 0 Å². The van der Waals surface area contributed by atoms with Gasteiger partial charge in [0.2, 0.25) is 0 Å². The molecule has 0 amide bonds. The number of hydrogen-bond acceptors (Lipinski definition) is 2. The van der Waals surface area contributed by atoms with Crippen LogP contribution in [0, 0.1) is 0 Å². The van der Waals surface area contributed by atoms with Gasteiger partial charge in [0.15, 0.2) is 0 Å². The summed E-state index contributed by atoms with van der Waals surface area (Å²) in [6, 6.07) is 7.96. The van der Waals surface area contributed by atoms with Crippen molar-refractivity contribution >= 4 is 27.7 Å². The maximum Gasteiger partial charge on any atom is 0.0485 e. The minimum Gasteiger partial charge on any atom is -0.324 e. The van der Waals surface area contributed by atoms with Crippen LogP contribution in [-0.2, 0) is 0 Å². The first-order valence-corrected chi connectivity index (χ1v) is 5.28. The van der Waals surface area contributed by atoms with Crippen LogP contribution in [0.15, 0.2) is 30.3 Å². The number of alkyl halides is 1. The number of hydrogen-bond donors (Lipinski definition) is 2. The van der Waals surface area contributed by atoms with Crippen LogP contribution < -0.4 is 11.3 Å². The van der Waals surface area contributed by atoms with E-state index in [0.717, 1.165) is 17.4 Å². The smallest absolute Gasteiger partial charge is 0.0485 e. The van der Waals surface area contributed by atoms with Crippen LogP contribution in [0.25, 0.3) is 6.08 Å². The molecule has 0 saturated heterocycles. The Labute approximate surface area is 86.9 Å². The molecule has 1 aromatic rings. The van der Waals surface area contributed by atoms with E-state index in [9.17, 15) is 0 Å². The van der Waals surface area contributed by atoms with Crippen molar-refractivity contribution in [3.8, 4) is 0 Å². The van der Waals surface area contributed by atoms with Gasteiger partial charge in [-0.05, 0) is 24.1 Å². The second kappa shape index (κ2) is 5.78. The van der Waals surface area contributed by atoms with Gasteiger partial charge in [-0.15, -0.1) is 0 Å². The molecule has 0 aliphatic rings. The minimum absolute atomic E-state index is 0.928. The lowest BCUT2D eigenvalue weighted by Crippen LogP contribution is -2.05. The standard InChI is InChI=1S/C10H13BrN2/c11-8-2-1-3-9-4-6-10(13-12)7-5-9/h1,3-7,13H,2,8,12H2. The van der Waals surface area contributed by atoms with E-state index < -0.39 is 0 Å². The van der Waals surface area contributed by atoms with Crippen molar-refractivity contribution in [1.29, 1.82) is 0 Å². The summed E-state index contributed by atoms with van der Waals surface area (Å²) in [5.41, 5.74) is 4.71. The number of halogens is 1. The molecule has 3 N–H and O–H groups in total. The van der Waals surface area contributed by atoms with E-state index in [1.165, 1.54) is 5.56 Å². The first-order valence-electron chi connectivity index (χ1n) is 4.16. The molecule has 0 heterocycles. The molecule has 70 valence electrons. The SMILES string of the molecule is NNc1ccc(C=CCCBr)cc1. The molecule has 0 saturated carbocycles. The van der Waals surface area contributed by atoms with Gasteiger partial charge in [0.05, 0.1) is 0 Å². The molecule has 0 unspecified atom stereocenters. The Kier molecular flexibility index (Phi) is 4.57. The van der Waals surface area contributed by atoms with E-state index in [-0.39, 0.29) is 0 Å². The zero-order valence-electron chi connectivity index (χ0n) is 7.33. The Morgan fingerprint density at radius 3 is 2.54 bits per heavy atom. The largest absolute Gasteiger partial charge is 0.324 e. The Hall–Kier alpha value is -0.800. The van der Waals surface area contributed by atoms with Crippen LogP contribution in [0.2, 0.25) is 0 Å². The third-order valence-corrected chi connectivity index (χ3v) is 2.12. The van der Waals surface area contributed by atoms with Crippen LogP contribution in [-0.4, -0.2) is 5.33 Å². The molecule has 13 heavy (non-hydrogen) atoms. The van der Waals surface area contributed by atoms with Crippen LogP contribution in [0.4, 0.5) is 5.69 Å². The second-order valence-corrected chi connectivity index (χ2v) is 3.44. The van der Waals surface area contributed by atoms with Gasteiger partial charge in [0, 0.05) is 11.0 Å². The normalized spacial score (nSPS) is 10.6. The van der Waals surface area contributed by atoms with Crippen LogP contribution in [0.1, 0.15) is 12.0 Å². The summed E-state index contributed by atoms with van der Waals surface area (Å²) >= 11 is 3.37. The van der Waals surface area contributed by atoms with Crippen molar-refractivity contribution in [2.24, 2.45) is 5.84 Å². The fourth-order valence-corrected chi connectivity index (χ4v) is 1.24. The quantitative estimate of drug-likeness (QED) is 0.483. The summed E-state index contributed by atoms with van der Waals surface area (Å²) in [5.74, 6) is 5.25. The third kappa shape index (κ3) is 3.61. The number of allylic oxidation sites excluding steroid dienone is 1. The maximum atomic E-state index is 5.25. The van der Waals surface area contributed by atoms with E-state index in [4.69, 9.17) is 5.84 Å². The van der Waals surface area contributed by atoms with E-state index in [1.807, 2.05) is 24.3 Å². The average Bonchev–Trinajstić information content (AvgIpc) is 2.19. The molecule has 1 rings (SSSR count). The lowest BCUT2D eigenvalue weighted by molar-refractivity contribution is 1.27. The third-order valence-electron chi connectivity index (χ3n) is 1.66. The number of nitrogen functional groups attached to an aromatic ring is 1. The van der Waals surface area contributed by atoms with Crippen molar-refractivity contribution < 1.29 is 0 Å². The Bertz CT molecular complexity index is 267. The van der Waals surface area contributed by atoms with Gasteiger partial charge in [-0.2, -0.15) is 0 Å². The Balaban J connectivity index is 2.58. The summed E-state index contributed by atoms with van der Waals surface area (Å²) in [6.45, 7) is 0. The zero-order chi connectivity index (χ0) is 9.52. The first kappa shape index (κ1) is 10.3. The number of hydrazine groups is 1.